The van der Waals surface area contributed by atoms with Gasteiger partial charge in [0.25, 0.3) is 0 Å². The van der Waals surface area contributed by atoms with Gasteiger partial charge in [-0.05, 0) is 41.2 Å². The van der Waals surface area contributed by atoms with Crippen LogP contribution >= 0.6 is 0 Å². The number of hydrogen-bond donors (Lipinski definition) is 0. The van der Waals surface area contributed by atoms with Crippen LogP contribution in [0.4, 0.5) is 0 Å². The van der Waals surface area contributed by atoms with Crippen molar-refractivity contribution in [1.82, 2.24) is 0 Å². The van der Waals surface area contributed by atoms with E-state index in [0.29, 0.717) is 0 Å². The fraction of sp³-hybridized carbons (Fsp3) is 0.111. The summed E-state index contributed by atoms with van der Waals surface area (Å²) in [7, 11) is 0. The normalized spacial score (nSPS) is 14.1. The molecular weight excluding hydrogens is 216 g/mol. The van der Waals surface area contributed by atoms with Crippen molar-refractivity contribution in [2.45, 2.75) is 13.3 Å². The molecule has 0 N–H and O–H groups in total. The molecular formula is C18H16. The minimum atomic E-state index is 1.00. The van der Waals surface area contributed by atoms with Gasteiger partial charge in [-0.3, -0.25) is 0 Å². The van der Waals surface area contributed by atoms with Gasteiger partial charge in [-0.1, -0.05) is 66.7 Å². The minimum Gasteiger partial charge on any atom is -0.0905 e. The first-order valence-electron chi connectivity index (χ1n) is 6.30. The summed E-state index contributed by atoms with van der Waals surface area (Å²) in [5, 5.41) is 0. The molecule has 0 nitrogen and oxygen atoms in total. The van der Waals surface area contributed by atoms with Gasteiger partial charge >= 0.3 is 0 Å². The van der Waals surface area contributed by atoms with Gasteiger partial charge in [0.05, 0.1) is 0 Å². The second kappa shape index (κ2) is 4.30. The van der Waals surface area contributed by atoms with E-state index in [1.54, 1.807) is 0 Å². The Hall–Kier alpha value is -2.08. The smallest absolute Gasteiger partial charge is 0.00818 e. The maximum absolute atomic E-state index is 4.27. The van der Waals surface area contributed by atoms with E-state index < -0.39 is 0 Å². The molecule has 2 aromatic rings. The molecule has 18 heavy (non-hydrogen) atoms. The Morgan fingerprint density at radius 3 is 2.56 bits per heavy atom. The fourth-order valence-electron chi connectivity index (χ4n) is 2.58. The van der Waals surface area contributed by atoms with Crippen molar-refractivity contribution in [1.29, 1.82) is 0 Å². The Labute approximate surface area is 108 Å². The maximum atomic E-state index is 4.27. The molecule has 1 aliphatic carbocycles. The summed E-state index contributed by atoms with van der Waals surface area (Å²) in [5.41, 5.74) is 7.67. The standard InChI is InChI=1S/C18H16/c1-13-8-10-18-14(2)17(11-9-16(18)12-13)15-6-4-3-5-7-15/h3-8,10-12H,2,9H2,1H3. The van der Waals surface area contributed by atoms with Crippen LogP contribution in [0, 0.1) is 6.92 Å². The van der Waals surface area contributed by atoms with Gasteiger partial charge in [0.15, 0.2) is 0 Å². The van der Waals surface area contributed by atoms with Crippen molar-refractivity contribution in [3.05, 3.63) is 83.4 Å². The first kappa shape index (κ1) is 11.0. The molecule has 0 saturated heterocycles. The molecule has 0 heterocycles. The van der Waals surface area contributed by atoms with Crippen molar-refractivity contribution in [3.63, 3.8) is 0 Å². The Balaban J connectivity index is 2.06. The lowest BCUT2D eigenvalue weighted by molar-refractivity contribution is 1.21. The number of fused-ring (bicyclic) bond motifs is 1. The van der Waals surface area contributed by atoms with E-state index in [-0.39, 0.29) is 0 Å². The first-order valence-corrected chi connectivity index (χ1v) is 6.30. The van der Waals surface area contributed by atoms with E-state index in [2.05, 4.69) is 62.0 Å². The molecule has 3 rings (SSSR count). The minimum absolute atomic E-state index is 1.00. The molecule has 0 unspecified atom stereocenters. The van der Waals surface area contributed by atoms with Crippen LogP contribution in [0.3, 0.4) is 0 Å². The number of aryl methyl sites for hydroxylation is 1. The third-order valence-electron chi connectivity index (χ3n) is 3.52. The van der Waals surface area contributed by atoms with Crippen LogP contribution < -0.4 is 0 Å². The molecule has 1 aliphatic rings. The Morgan fingerprint density at radius 2 is 1.78 bits per heavy atom. The first-order chi connectivity index (χ1) is 8.75. The van der Waals surface area contributed by atoms with Crippen molar-refractivity contribution in [3.8, 4) is 0 Å². The van der Waals surface area contributed by atoms with Crippen LogP contribution in [0.1, 0.15) is 22.3 Å². The van der Waals surface area contributed by atoms with E-state index >= 15 is 0 Å². The molecule has 2 aromatic carbocycles. The van der Waals surface area contributed by atoms with Crippen molar-refractivity contribution in [2.24, 2.45) is 0 Å². The van der Waals surface area contributed by atoms with Gasteiger partial charge in [0.1, 0.15) is 0 Å². The van der Waals surface area contributed by atoms with Gasteiger partial charge < -0.3 is 0 Å². The summed E-state index contributed by atoms with van der Waals surface area (Å²) in [6.45, 7) is 6.41. The molecule has 88 valence electrons. The summed E-state index contributed by atoms with van der Waals surface area (Å²) in [6.07, 6.45) is 3.29. The van der Waals surface area contributed by atoms with Crippen LogP contribution in [0.2, 0.25) is 0 Å². The topological polar surface area (TPSA) is 0 Å². The second-order valence-electron chi connectivity index (χ2n) is 4.83. The van der Waals surface area contributed by atoms with Crippen molar-refractivity contribution >= 4 is 11.1 Å². The molecule has 0 saturated carbocycles. The molecule has 0 aliphatic heterocycles. The van der Waals surface area contributed by atoms with Gasteiger partial charge in [0.2, 0.25) is 0 Å². The number of benzene rings is 2. The maximum Gasteiger partial charge on any atom is -0.00818 e. The number of rotatable bonds is 1. The Morgan fingerprint density at radius 1 is 1.00 bits per heavy atom. The molecule has 0 heteroatoms. The van der Waals surface area contributed by atoms with E-state index in [1.807, 2.05) is 6.07 Å². The largest absolute Gasteiger partial charge is 0.0905 e. The Bertz CT molecular complexity index is 630. The highest BCUT2D eigenvalue weighted by atomic mass is 14.2. The summed E-state index contributed by atoms with van der Waals surface area (Å²) in [5.74, 6) is 0. The highest BCUT2D eigenvalue weighted by Crippen LogP contribution is 2.36. The number of allylic oxidation sites excluding steroid dienone is 3. The highest BCUT2D eigenvalue weighted by Gasteiger charge is 2.16. The zero-order valence-electron chi connectivity index (χ0n) is 10.6. The van der Waals surface area contributed by atoms with E-state index in [0.717, 1.165) is 12.0 Å². The summed E-state index contributed by atoms with van der Waals surface area (Å²) in [4.78, 5) is 0. The van der Waals surface area contributed by atoms with E-state index in [9.17, 15) is 0 Å². The lowest BCUT2D eigenvalue weighted by Crippen LogP contribution is -2.01. The molecule has 0 atom stereocenters. The zero-order valence-corrected chi connectivity index (χ0v) is 10.6. The fourth-order valence-corrected chi connectivity index (χ4v) is 2.58. The third kappa shape index (κ3) is 1.80. The van der Waals surface area contributed by atoms with Crippen molar-refractivity contribution < 1.29 is 0 Å². The average molecular weight is 232 g/mol. The van der Waals surface area contributed by atoms with Gasteiger partial charge in [-0.15, -0.1) is 0 Å². The monoisotopic (exact) mass is 232 g/mol. The molecule has 0 fully saturated rings. The summed E-state index contributed by atoms with van der Waals surface area (Å²) < 4.78 is 0. The van der Waals surface area contributed by atoms with Gasteiger partial charge in [0, 0.05) is 0 Å². The Kier molecular flexibility index (Phi) is 2.64. The molecule has 0 radical (unpaired) electrons. The quantitative estimate of drug-likeness (QED) is 0.671. The average Bonchev–Trinajstić information content (AvgIpc) is 2.40. The van der Waals surface area contributed by atoms with Crippen molar-refractivity contribution in [2.75, 3.05) is 0 Å². The van der Waals surface area contributed by atoms with Crippen LogP contribution in [-0.2, 0) is 6.42 Å². The summed E-state index contributed by atoms with van der Waals surface area (Å²) in [6, 6.07) is 17.1. The lowest BCUT2D eigenvalue weighted by Gasteiger charge is -2.20. The highest BCUT2D eigenvalue weighted by molar-refractivity contribution is 6.06. The second-order valence-corrected chi connectivity index (χ2v) is 4.83. The molecule has 0 aromatic heterocycles. The third-order valence-corrected chi connectivity index (χ3v) is 3.52. The lowest BCUT2D eigenvalue weighted by atomic mass is 9.84. The predicted molar refractivity (Wildman–Crippen MR) is 78.3 cm³/mol. The predicted octanol–water partition coefficient (Wildman–Crippen LogP) is 4.65. The molecule has 0 spiro atoms. The van der Waals surface area contributed by atoms with Gasteiger partial charge in [-0.2, -0.15) is 0 Å². The van der Waals surface area contributed by atoms with E-state index in [4.69, 9.17) is 0 Å². The SMILES string of the molecule is C=C1C(c2ccccc2)=CCc2cc(C)ccc21. The van der Waals surface area contributed by atoms with Crippen LogP contribution in [0.25, 0.3) is 11.1 Å². The number of hydrogen-bond acceptors (Lipinski definition) is 0. The van der Waals surface area contributed by atoms with Gasteiger partial charge in [-0.25, -0.2) is 0 Å². The van der Waals surface area contributed by atoms with Crippen LogP contribution in [-0.4, -0.2) is 0 Å². The van der Waals surface area contributed by atoms with Crippen LogP contribution in [0.15, 0.2) is 61.2 Å². The van der Waals surface area contributed by atoms with Crippen LogP contribution in [0.5, 0.6) is 0 Å². The molecule has 0 bridgehead atoms. The zero-order chi connectivity index (χ0) is 12.5. The molecule has 0 amide bonds. The summed E-state index contributed by atoms with van der Waals surface area (Å²) >= 11 is 0. The van der Waals surface area contributed by atoms with E-state index in [1.165, 1.54) is 27.8 Å².